The van der Waals surface area contributed by atoms with Gasteiger partial charge in [-0.2, -0.15) is 0 Å². The summed E-state index contributed by atoms with van der Waals surface area (Å²) >= 11 is 0. The largest absolute Gasteiger partial charge is 0.453 e. The Bertz CT molecular complexity index is 158. The van der Waals surface area contributed by atoms with Crippen LogP contribution in [0.4, 0.5) is 4.79 Å². The maximum atomic E-state index is 10.7. The van der Waals surface area contributed by atoms with Crippen LogP contribution < -0.4 is 5.32 Å². The normalized spacial score (nSPS) is 10.4. The van der Waals surface area contributed by atoms with Gasteiger partial charge in [0, 0.05) is 19.8 Å². The molecule has 0 aromatic rings. The molecule has 0 spiro atoms. The average molecular weight is 219 g/mol. The Hall–Kier alpha value is -0.810. The number of rotatable bonds is 8. The van der Waals surface area contributed by atoms with Gasteiger partial charge in [0.25, 0.3) is 0 Å². The monoisotopic (exact) mass is 219 g/mol. The quantitative estimate of drug-likeness (QED) is 0.519. The predicted octanol–water partition coefficient (Wildman–Crippen LogP) is 0.504. The van der Waals surface area contributed by atoms with Crippen molar-refractivity contribution in [3.05, 3.63) is 0 Å². The third-order valence-corrected chi connectivity index (χ3v) is 2.32. The number of methoxy groups -OCH3 is 1. The van der Waals surface area contributed by atoms with E-state index in [-0.39, 0.29) is 13.2 Å². The molecule has 0 bridgehead atoms. The highest BCUT2D eigenvalue weighted by atomic mass is 16.5. The summed E-state index contributed by atoms with van der Waals surface area (Å²) in [7, 11) is 1.33. The zero-order chi connectivity index (χ0) is 11.5. The maximum absolute atomic E-state index is 10.7. The van der Waals surface area contributed by atoms with Gasteiger partial charge in [-0.25, -0.2) is 4.79 Å². The molecule has 5 heteroatoms. The number of carbonyl (C=O) groups excluding carboxylic acids is 1. The molecule has 5 nitrogen and oxygen atoms in total. The lowest BCUT2D eigenvalue weighted by Crippen LogP contribution is -2.24. The number of hydrogen-bond acceptors (Lipinski definition) is 4. The zero-order valence-corrected chi connectivity index (χ0v) is 9.24. The molecule has 0 rings (SSSR count). The summed E-state index contributed by atoms with van der Waals surface area (Å²) in [5.74, 6) is 0.333. The van der Waals surface area contributed by atoms with E-state index in [2.05, 4.69) is 10.1 Å². The van der Waals surface area contributed by atoms with Crippen LogP contribution in [0.3, 0.4) is 0 Å². The van der Waals surface area contributed by atoms with Crippen molar-refractivity contribution in [1.82, 2.24) is 5.32 Å². The van der Waals surface area contributed by atoms with E-state index in [1.165, 1.54) is 7.11 Å². The Balaban J connectivity index is 3.48. The molecule has 15 heavy (non-hydrogen) atoms. The van der Waals surface area contributed by atoms with Gasteiger partial charge in [0.1, 0.15) is 0 Å². The molecule has 0 saturated heterocycles. The number of amides is 1. The Labute approximate surface area is 90.4 Å². The Morgan fingerprint density at radius 3 is 2.33 bits per heavy atom. The maximum Gasteiger partial charge on any atom is 0.406 e. The highest BCUT2D eigenvalue weighted by molar-refractivity contribution is 5.66. The van der Waals surface area contributed by atoms with Gasteiger partial charge < -0.3 is 20.3 Å². The summed E-state index contributed by atoms with van der Waals surface area (Å²) in [4.78, 5) is 10.7. The first kappa shape index (κ1) is 14.2. The minimum atomic E-state index is -0.420. The van der Waals surface area contributed by atoms with Crippen LogP contribution in [0.2, 0.25) is 0 Å². The molecule has 3 N–H and O–H groups in total. The number of alkyl carbamates (subject to hydrolysis) is 1. The van der Waals surface area contributed by atoms with E-state index < -0.39 is 6.09 Å². The van der Waals surface area contributed by atoms with Crippen molar-refractivity contribution in [2.24, 2.45) is 5.92 Å². The first-order chi connectivity index (χ1) is 7.24. The standard InChI is InChI=1S/C10H21NO4/c1-15-10(14)11-6-2-3-9(4-7-12)5-8-13/h9,12-13H,2-8H2,1H3,(H,11,14). The molecule has 90 valence electrons. The molecule has 1 amide bonds. The van der Waals surface area contributed by atoms with Crippen LogP contribution >= 0.6 is 0 Å². The van der Waals surface area contributed by atoms with Crippen LogP contribution in [0.1, 0.15) is 25.7 Å². The highest BCUT2D eigenvalue weighted by Gasteiger charge is 2.07. The summed E-state index contributed by atoms with van der Waals surface area (Å²) in [6.07, 6.45) is 2.72. The van der Waals surface area contributed by atoms with E-state index >= 15 is 0 Å². The summed E-state index contributed by atoms with van der Waals surface area (Å²) in [5.41, 5.74) is 0. The minimum absolute atomic E-state index is 0.148. The van der Waals surface area contributed by atoms with Gasteiger partial charge in [-0.05, 0) is 31.6 Å². The van der Waals surface area contributed by atoms with Gasteiger partial charge in [-0.15, -0.1) is 0 Å². The molecular weight excluding hydrogens is 198 g/mol. The number of ether oxygens (including phenoxy) is 1. The van der Waals surface area contributed by atoms with Gasteiger partial charge in [-0.3, -0.25) is 0 Å². The molecule has 0 saturated carbocycles. The summed E-state index contributed by atoms with van der Waals surface area (Å²) in [6, 6.07) is 0. The van der Waals surface area contributed by atoms with Crippen LogP contribution in [-0.4, -0.2) is 43.2 Å². The van der Waals surface area contributed by atoms with Crippen molar-refractivity contribution < 1.29 is 19.7 Å². The minimum Gasteiger partial charge on any atom is -0.453 e. The van der Waals surface area contributed by atoms with Crippen LogP contribution in [0.15, 0.2) is 0 Å². The summed E-state index contributed by atoms with van der Waals surface area (Å²) in [5, 5.41) is 20.1. The first-order valence-electron chi connectivity index (χ1n) is 5.28. The molecule has 0 unspecified atom stereocenters. The second kappa shape index (κ2) is 9.73. The van der Waals surface area contributed by atoms with Crippen molar-refractivity contribution in [2.45, 2.75) is 25.7 Å². The first-order valence-corrected chi connectivity index (χ1v) is 5.28. The van der Waals surface area contributed by atoms with Gasteiger partial charge in [0.15, 0.2) is 0 Å². The van der Waals surface area contributed by atoms with Gasteiger partial charge in [0.05, 0.1) is 7.11 Å². The lowest BCUT2D eigenvalue weighted by Gasteiger charge is -2.13. The van der Waals surface area contributed by atoms with Crippen molar-refractivity contribution in [3.63, 3.8) is 0 Å². The van der Waals surface area contributed by atoms with Crippen molar-refractivity contribution in [3.8, 4) is 0 Å². The van der Waals surface area contributed by atoms with E-state index in [0.29, 0.717) is 25.3 Å². The molecule has 0 heterocycles. The van der Waals surface area contributed by atoms with Crippen LogP contribution in [0.25, 0.3) is 0 Å². The Kier molecular flexibility index (Phi) is 9.21. The van der Waals surface area contributed by atoms with E-state index in [9.17, 15) is 4.79 Å². The highest BCUT2D eigenvalue weighted by Crippen LogP contribution is 2.14. The molecule has 0 aromatic heterocycles. The Morgan fingerprint density at radius 1 is 1.27 bits per heavy atom. The van der Waals surface area contributed by atoms with Crippen molar-refractivity contribution in [2.75, 3.05) is 26.9 Å². The fourth-order valence-electron chi connectivity index (χ4n) is 1.45. The van der Waals surface area contributed by atoms with E-state index in [1.807, 2.05) is 0 Å². The lowest BCUT2D eigenvalue weighted by atomic mass is 9.96. The molecular formula is C10H21NO4. The topological polar surface area (TPSA) is 78.8 Å². The van der Waals surface area contributed by atoms with Crippen molar-refractivity contribution in [1.29, 1.82) is 0 Å². The third-order valence-electron chi connectivity index (χ3n) is 2.32. The van der Waals surface area contributed by atoms with Crippen molar-refractivity contribution >= 4 is 6.09 Å². The predicted molar refractivity (Wildman–Crippen MR) is 56.5 cm³/mol. The zero-order valence-electron chi connectivity index (χ0n) is 9.24. The van der Waals surface area contributed by atoms with E-state index in [0.717, 1.165) is 12.8 Å². The van der Waals surface area contributed by atoms with Gasteiger partial charge >= 0.3 is 6.09 Å². The molecule has 0 fully saturated rings. The second-order valence-corrected chi connectivity index (χ2v) is 3.45. The molecule has 0 aromatic carbocycles. The van der Waals surface area contributed by atoms with Crippen LogP contribution in [0.5, 0.6) is 0 Å². The second-order valence-electron chi connectivity index (χ2n) is 3.45. The van der Waals surface area contributed by atoms with Gasteiger partial charge in [-0.1, -0.05) is 0 Å². The molecule has 0 aliphatic rings. The molecule has 0 radical (unpaired) electrons. The number of carbonyl (C=O) groups is 1. The summed E-state index contributed by atoms with van der Waals surface area (Å²) in [6.45, 7) is 0.865. The Morgan fingerprint density at radius 2 is 1.87 bits per heavy atom. The third kappa shape index (κ3) is 8.20. The summed E-state index contributed by atoms with van der Waals surface area (Å²) < 4.78 is 4.42. The number of hydrogen-bond donors (Lipinski definition) is 3. The smallest absolute Gasteiger partial charge is 0.406 e. The lowest BCUT2D eigenvalue weighted by molar-refractivity contribution is 0.169. The molecule has 0 aliphatic carbocycles. The van der Waals surface area contributed by atoms with E-state index in [1.54, 1.807) is 0 Å². The fourth-order valence-corrected chi connectivity index (χ4v) is 1.45. The SMILES string of the molecule is COC(=O)NCCCC(CCO)CCO. The number of aliphatic hydroxyl groups is 2. The number of nitrogens with one attached hydrogen (secondary N) is 1. The fraction of sp³-hybridized carbons (Fsp3) is 0.900. The molecule has 0 aliphatic heterocycles. The van der Waals surface area contributed by atoms with E-state index in [4.69, 9.17) is 10.2 Å². The van der Waals surface area contributed by atoms with Gasteiger partial charge in [0.2, 0.25) is 0 Å². The van der Waals surface area contributed by atoms with Crippen LogP contribution in [-0.2, 0) is 4.74 Å². The average Bonchev–Trinajstić information content (AvgIpc) is 2.24. The molecule has 0 atom stereocenters. The number of aliphatic hydroxyl groups excluding tert-OH is 2. The van der Waals surface area contributed by atoms with Crippen LogP contribution in [0, 0.1) is 5.92 Å².